The molecule has 0 fully saturated rings. The maximum absolute atomic E-state index is 13.5. The molecule has 1 aromatic carbocycles. The number of benzene rings is 1. The summed E-state index contributed by atoms with van der Waals surface area (Å²) in [6.07, 6.45) is 0. The van der Waals surface area contributed by atoms with Crippen molar-refractivity contribution in [3.05, 3.63) is 59.4 Å². The topological polar surface area (TPSA) is 46.9 Å². The van der Waals surface area contributed by atoms with Crippen molar-refractivity contribution in [3.8, 4) is 10.6 Å². The number of nitrogens with one attached hydrogen (secondary N) is 1. The van der Waals surface area contributed by atoms with Crippen molar-refractivity contribution < 1.29 is 9.18 Å². The molecule has 0 unspecified atom stereocenters. The third-order valence-corrected chi connectivity index (χ3v) is 3.90. The summed E-state index contributed by atoms with van der Waals surface area (Å²) in [5, 5.41) is 8.67. The van der Waals surface area contributed by atoms with E-state index in [2.05, 4.69) is 10.4 Å². The van der Waals surface area contributed by atoms with E-state index in [1.165, 1.54) is 12.1 Å². The van der Waals surface area contributed by atoms with Gasteiger partial charge in [-0.15, -0.1) is 11.3 Å². The zero-order chi connectivity index (χ0) is 14.8. The van der Waals surface area contributed by atoms with Crippen LogP contribution in [0.15, 0.2) is 47.8 Å². The molecule has 0 saturated heterocycles. The zero-order valence-electron chi connectivity index (χ0n) is 11.2. The van der Waals surface area contributed by atoms with Crippen LogP contribution in [0.5, 0.6) is 0 Å². The molecule has 0 aliphatic rings. The molecule has 2 aromatic heterocycles. The summed E-state index contributed by atoms with van der Waals surface area (Å²) in [6.45, 7) is 0. The van der Waals surface area contributed by atoms with Crippen LogP contribution in [-0.4, -0.2) is 15.7 Å². The molecule has 0 bridgehead atoms. The van der Waals surface area contributed by atoms with Gasteiger partial charge in [-0.2, -0.15) is 5.10 Å². The van der Waals surface area contributed by atoms with Crippen LogP contribution < -0.4 is 5.32 Å². The summed E-state index contributed by atoms with van der Waals surface area (Å²) in [7, 11) is 1.77. The lowest BCUT2D eigenvalue weighted by atomic mass is 10.2. The largest absolute Gasteiger partial charge is 0.318 e. The third kappa shape index (κ3) is 2.71. The molecule has 1 N–H and O–H groups in total. The van der Waals surface area contributed by atoms with Gasteiger partial charge in [0.2, 0.25) is 0 Å². The van der Waals surface area contributed by atoms with Crippen LogP contribution in [-0.2, 0) is 7.05 Å². The van der Waals surface area contributed by atoms with Gasteiger partial charge in [-0.05, 0) is 29.6 Å². The molecule has 21 heavy (non-hydrogen) atoms. The number of aromatic nitrogens is 2. The molecule has 0 atom stereocenters. The van der Waals surface area contributed by atoms with Gasteiger partial charge in [0, 0.05) is 7.05 Å². The Hall–Kier alpha value is -2.47. The molecule has 3 rings (SSSR count). The number of anilines is 1. The first-order chi connectivity index (χ1) is 10.1. The minimum absolute atomic E-state index is 0.144. The van der Waals surface area contributed by atoms with Crippen molar-refractivity contribution in [1.29, 1.82) is 0 Å². The summed E-state index contributed by atoms with van der Waals surface area (Å²) in [5.41, 5.74) is 1.25. The quantitative estimate of drug-likeness (QED) is 0.804. The minimum Gasteiger partial charge on any atom is -0.318 e. The van der Waals surface area contributed by atoms with Crippen molar-refractivity contribution >= 4 is 22.9 Å². The third-order valence-electron chi connectivity index (χ3n) is 3.01. The van der Waals surface area contributed by atoms with E-state index < -0.39 is 11.7 Å². The predicted octanol–water partition coefficient (Wildman–Crippen LogP) is 3.54. The van der Waals surface area contributed by atoms with E-state index in [1.54, 1.807) is 41.3 Å². The molecular weight excluding hydrogens is 289 g/mol. The average molecular weight is 301 g/mol. The number of halogens is 1. The van der Waals surface area contributed by atoms with E-state index in [1.807, 2.05) is 17.5 Å². The highest BCUT2D eigenvalue weighted by Gasteiger charge is 2.15. The number of aryl methyl sites for hydroxylation is 1. The molecule has 0 aliphatic carbocycles. The van der Waals surface area contributed by atoms with E-state index in [0.717, 1.165) is 10.6 Å². The molecule has 3 aromatic rings. The van der Waals surface area contributed by atoms with E-state index >= 15 is 0 Å². The number of hydrogen-bond acceptors (Lipinski definition) is 3. The molecule has 0 aliphatic heterocycles. The SMILES string of the molecule is Cn1nc(C(=O)Nc2ccccc2F)cc1-c1cccs1. The Balaban J connectivity index is 1.86. The lowest BCUT2D eigenvalue weighted by Gasteiger charge is -2.03. The fraction of sp³-hybridized carbons (Fsp3) is 0.0667. The zero-order valence-corrected chi connectivity index (χ0v) is 12.0. The molecular formula is C15H12FN3OS. The Morgan fingerprint density at radius 1 is 1.29 bits per heavy atom. The van der Waals surface area contributed by atoms with Crippen LogP contribution in [0.3, 0.4) is 0 Å². The number of nitrogens with zero attached hydrogens (tertiary/aromatic N) is 2. The summed E-state index contributed by atoms with van der Waals surface area (Å²) >= 11 is 1.57. The van der Waals surface area contributed by atoms with Crippen LogP contribution in [0.2, 0.25) is 0 Å². The van der Waals surface area contributed by atoms with Gasteiger partial charge in [0.1, 0.15) is 5.82 Å². The fourth-order valence-corrected chi connectivity index (χ4v) is 2.75. The van der Waals surface area contributed by atoms with Crippen molar-refractivity contribution in [2.45, 2.75) is 0 Å². The monoisotopic (exact) mass is 301 g/mol. The smallest absolute Gasteiger partial charge is 0.276 e. The van der Waals surface area contributed by atoms with Gasteiger partial charge in [0.25, 0.3) is 5.91 Å². The number of para-hydroxylation sites is 1. The lowest BCUT2D eigenvalue weighted by Crippen LogP contribution is -2.13. The summed E-state index contributed by atoms with van der Waals surface area (Å²) in [4.78, 5) is 13.2. The first-order valence-electron chi connectivity index (χ1n) is 6.29. The summed E-state index contributed by atoms with van der Waals surface area (Å²) < 4.78 is 15.2. The van der Waals surface area contributed by atoms with Crippen molar-refractivity contribution in [1.82, 2.24) is 9.78 Å². The van der Waals surface area contributed by atoms with E-state index in [4.69, 9.17) is 0 Å². The number of rotatable bonds is 3. The highest BCUT2D eigenvalue weighted by atomic mass is 32.1. The van der Waals surface area contributed by atoms with Gasteiger partial charge in [-0.3, -0.25) is 9.48 Å². The molecule has 2 heterocycles. The fourth-order valence-electron chi connectivity index (χ4n) is 1.98. The Labute approximate surface area is 124 Å². The van der Waals surface area contributed by atoms with Gasteiger partial charge in [0.15, 0.2) is 5.69 Å². The highest BCUT2D eigenvalue weighted by molar-refractivity contribution is 7.13. The number of carbonyl (C=O) groups excluding carboxylic acids is 1. The van der Waals surface area contributed by atoms with Gasteiger partial charge < -0.3 is 5.32 Å². The van der Waals surface area contributed by atoms with Gasteiger partial charge in [-0.25, -0.2) is 4.39 Å². The number of amides is 1. The Morgan fingerprint density at radius 2 is 2.10 bits per heavy atom. The van der Waals surface area contributed by atoms with Crippen LogP contribution >= 0.6 is 11.3 Å². The first-order valence-corrected chi connectivity index (χ1v) is 7.17. The normalized spacial score (nSPS) is 10.6. The molecule has 0 radical (unpaired) electrons. The van der Waals surface area contributed by atoms with Gasteiger partial charge in [-0.1, -0.05) is 18.2 Å². The van der Waals surface area contributed by atoms with Crippen molar-refractivity contribution in [2.75, 3.05) is 5.32 Å². The number of hydrogen-bond donors (Lipinski definition) is 1. The average Bonchev–Trinajstić information content (AvgIpc) is 3.10. The number of carbonyl (C=O) groups is 1. The minimum atomic E-state index is -0.472. The highest BCUT2D eigenvalue weighted by Crippen LogP contribution is 2.25. The summed E-state index contributed by atoms with van der Waals surface area (Å²) in [5.74, 6) is -0.904. The van der Waals surface area contributed by atoms with E-state index in [0.29, 0.717) is 0 Å². The van der Waals surface area contributed by atoms with Crippen LogP contribution in [0.25, 0.3) is 10.6 Å². The molecule has 6 heteroatoms. The van der Waals surface area contributed by atoms with Crippen LogP contribution in [0, 0.1) is 5.82 Å². The summed E-state index contributed by atoms with van der Waals surface area (Å²) in [6, 6.07) is 11.6. The first kappa shape index (κ1) is 13.5. The Kier molecular flexibility index (Phi) is 3.53. The van der Waals surface area contributed by atoms with Gasteiger partial charge in [0.05, 0.1) is 16.3 Å². The number of thiophene rings is 1. The van der Waals surface area contributed by atoms with Gasteiger partial charge >= 0.3 is 0 Å². The van der Waals surface area contributed by atoms with Crippen molar-refractivity contribution in [3.63, 3.8) is 0 Å². The van der Waals surface area contributed by atoms with E-state index in [9.17, 15) is 9.18 Å². The molecule has 0 saturated carbocycles. The molecule has 4 nitrogen and oxygen atoms in total. The van der Waals surface area contributed by atoms with Crippen molar-refractivity contribution in [2.24, 2.45) is 7.05 Å². The van der Waals surface area contributed by atoms with Crippen LogP contribution in [0.4, 0.5) is 10.1 Å². The Morgan fingerprint density at radius 3 is 2.81 bits per heavy atom. The maximum atomic E-state index is 13.5. The second kappa shape index (κ2) is 5.49. The second-order valence-electron chi connectivity index (χ2n) is 4.45. The van der Waals surface area contributed by atoms with E-state index in [-0.39, 0.29) is 11.4 Å². The standard InChI is InChI=1S/C15H12FN3OS/c1-19-13(14-7-4-8-21-14)9-12(18-19)15(20)17-11-6-3-2-5-10(11)16/h2-9H,1H3,(H,17,20). The molecule has 0 spiro atoms. The maximum Gasteiger partial charge on any atom is 0.276 e. The predicted molar refractivity (Wildman–Crippen MR) is 80.9 cm³/mol. The van der Waals surface area contributed by atoms with Crippen LogP contribution in [0.1, 0.15) is 10.5 Å². The second-order valence-corrected chi connectivity index (χ2v) is 5.40. The Bertz CT molecular complexity index is 780. The molecule has 106 valence electrons. The lowest BCUT2D eigenvalue weighted by molar-refractivity contribution is 0.102. The molecule has 1 amide bonds.